The highest BCUT2D eigenvalue weighted by atomic mass is 32.2. The first kappa shape index (κ1) is 20.1. The van der Waals surface area contributed by atoms with Gasteiger partial charge < -0.3 is 4.90 Å². The molecule has 3 aromatic carbocycles. The molecule has 0 aliphatic rings. The minimum absolute atomic E-state index is 0.327. The highest BCUT2D eigenvalue weighted by Gasteiger charge is 2.24. The maximum atomic E-state index is 13.3. The fourth-order valence-corrected chi connectivity index (χ4v) is 4.48. The number of sulfonamides is 1. The van der Waals surface area contributed by atoms with Crippen LogP contribution in [0.25, 0.3) is 0 Å². The average molecular weight is 395 g/mol. The van der Waals surface area contributed by atoms with Crippen molar-refractivity contribution in [3.05, 3.63) is 96.1 Å². The monoisotopic (exact) mass is 394 g/mol. The van der Waals surface area contributed by atoms with E-state index in [1.54, 1.807) is 28.6 Å². The van der Waals surface area contributed by atoms with Crippen molar-refractivity contribution in [1.82, 2.24) is 4.31 Å². The third kappa shape index (κ3) is 5.00. The molecule has 3 aromatic rings. The molecule has 0 aromatic heterocycles. The SMILES string of the molecule is CN(C)c1ccc(CN(CCc2ccccc2)S(=O)(=O)c2ccccc2)cc1. The van der Waals surface area contributed by atoms with E-state index in [2.05, 4.69) is 0 Å². The maximum absolute atomic E-state index is 13.3. The molecule has 0 bridgehead atoms. The summed E-state index contributed by atoms with van der Waals surface area (Å²) in [7, 11) is 0.401. The van der Waals surface area contributed by atoms with Crippen LogP contribution in [0, 0.1) is 0 Å². The van der Waals surface area contributed by atoms with E-state index in [0.29, 0.717) is 24.4 Å². The molecule has 0 amide bonds. The topological polar surface area (TPSA) is 40.6 Å². The summed E-state index contributed by atoms with van der Waals surface area (Å²) >= 11 is 0. The molecule has 5 heteroatoms. The molecule has 28 heavy (non-hydrogen) atoms. The molecule has 3 rings (SSSR count). The summed E-state index contributed by atoms with van der Waals surface area (Å²) in [6.45, 7) is 0.772. The van der Waals surface area contributed by atoms with Crippen LogP contribution in [0.15, 0.2) is 89.8 Å². The third-order valence-corrected chi connectivity index (χ3v) is 6.54. The van der Waals surface area contributed by atoms with Crippen molar-refractivity contribution in [1.29, 1.82) is 0 Å². The quantitative estimate of drug-likeness (QED) is 0.575. The van der Waals surface area contributed by atoms with Crippen LogP contribution < -0.4 is 4.90 Å². The number of anilines is 1. The Morgan fingerprint density at radius 1 is 0.714 bits per heavy atom. The van der Waals surface area contributed by atoms with Gasteiger partial charge in [0.15, 0.2) is 0 Å². The number of hydrogen-bond donors (Lipinski definition) is 0. The van der Waals surface area contributed by atoms with Gasteiger partial charge in [-0.25, -0.2) is 8.42 Å². The second-order valence-corrected chi connectivity index (χ2v) is 8.89. The van der Waals surface area contributed by atoms with Crippen molar-refractivity contribution in [2.45, 2.75) is 17.9 Å². The Bertz CT molecular complexity index is 970. The Labute approximate surface area is 168 Å². The summed E-state index contributed by atoms with van der Waals surface area (Å²) in [5.41, 5.74) is 3.18. The van der Waals surface area contributed by atoms with Gasteiger partial charge in [0.05, 0.1) is 4.90 Å². The second kappa shape index (κ2) is 9.04. The van der Waals surface area contributed by atoms with Crippen LogP contribution in [0.3, 0.4) is 0 Å². The molecular formula is C23H26N2O2S. The van der Waals surface area contributed by atoms with Gasteiger partial charge in [0, 0.05) is 32.9 Å². The molecule has 146 valence electrons. The summed E-state index contributed by atoms with van der Waals surface area (Å²) in [5.74, 6) is 0. The highest BCUT2D eigenvalue weighted by Crippen LogP contribution is 2.20. The lowest BCUT2D eigenvalue weighted by Crippen LogP contribution is -2.32. The van der Waals surface area contributed by atoms with E-state index in [1.165, 1.54) is 0 Å². The predicted octanol–water partition coefficient (Wildman–Crippen LogP) is 4.19. The molecule has 0 heterocycles. The Morgan fingerprint density at radius 2 is 1.29 bits per heavy atom. The summed E-state index contributed by atoms with van der Waals surface area (Å²) < 4.78 is 28.1. The Balaban J connectivity index is 1.85. The van der Waals surface area contributed by atoms with E-state index < -0.39 is 10.0 Å². The van der Waals surface area contributed by atoms with E-state index >= 15 is 0 Å². The molecule has 0 unspecified atom stereocenters. The first-order chi connectivity index (χ1) is 13.5. The van der Waals surface area contributed by atoms with E-state index in [1.807, 2.05) is 79.7 Å². The minimum atomic E-state index is -3.57. The first-order valence-corrected chi connectivity index (χ1v) is 10.8. The maximum Gasteiger partial charge on any atom is 0.243 e. The van der Waals surface area contributed by atoms with Gasteiger partial charge in [0.25, 0.3) is 0 Å². The smallest absolute Gasteiger partial charge is 0.243 e. The van der Waals surface area contributed by atoms with E-state index in [9.17, 15) is 8.42 Å². The Morgan fingerprint density at radius 3 is 1.86 bits per heavy atom. The average Bonchev–Trinajstić information content (AvgIpc) is 2.72. The molecule has 0 spiro atoms. The van der Waals surface area contributed by atoms with Gasteiger partial charge in [-0.15, -0.1) is 0 Å². The minimum Gasteiger partial charge on any atom is -0.378 e. The molecule has 0 N–H and O–H groups in total. The van der Waals surface area contributed by atoms with Gasteiger partial charge >= 0.3 is 0 Å². The molecule has 0 atom stereocenters. The zero-order valence-electron chi connectivity index (χ0n) is 16.3. The molecule has 0 aliphatic carbocycles. The fourth-order valence-electron chi connectivity index (χ4n) is 3.03. The largest absolute Gasteiger partial charge is 0.378 e. The second-order valence-electron chi connectivity index (χ2n) is 6.95. The lowest BCUT2D eigenvalue weighted by Gasteiger charge is -2.23. The van der Waals surface area contributed by atoms with Crippen molar-refractivity contribution < 1.29 is 8.42 Å². The van der Waals surface area contributed by atoms with Crippen LogP contribution in [-0.2, 0) is 23.0 Å². The highest BCUT2D eigenvalue weighted by molar-refractivity contribution is 7.89. The van der Waals surface area contributed by atoms with E-state index in [4.69, 9.17) is 0 Å². The Kier molecular flexibility index (Phi) is 6.49. The van der Waals surface area contributed by atoms with Crippen molar-refractivity contribution in [3.63, 3.8) is 0 Å². The van der Waals surface area contributed by atoms with Crippen LogP contribution in [0.5, 0.6) is 0 Å². The van der Waals surface area contributed by atoms with E-state index in [-0.39, 0.29) is 0 Å². The standard InChI is InChI=1S/C23H26N2O2S/c1-24(2)22-15-13-21(14-16-22)19-25(18-17-20-9-5-3-6-10-20)28(26,27)23-11-7-4-8-12-23/h3-16H,17-19H2,1-2H3. The van der Waals surface area contributed by atoms with Gasteiger partial charge in [0.2, 0.25) is 10.0 Å². The van der Waals surface area contributed by atoms with Crippen LogP contribution in [0.1, 0.15) is 11.1 Å². The normalized spacial score (nSPS) is 11.5. The van der Waals surface area contributed by atoms with Crippen LogP contribution >= 0.6 is 0 Å². The van der Waals surface area contributed by atoms with Gasteiger partial charge in [0.1, 0.15) is 0 Å². The van der Waals surface area contributed by atoms with E-state index in [0.717, 1.165) is 16.8 Å². The molecular weight excluding hydrogens is 368 g/mol. The van der Waals surface area contributed by atoms with Gasteiger partial charge in [-0.1, -0.05) is 60.7 Å². The van der Waals surface area contributed by atoms with Crippen molar-refractivity contribution in [2.75, 3.05) is 25.5 Å². The molecule has 0 aliphatic heterocycles. The van der Waals surface area contributed by atoms with Crippen molar-refractivity contribution in [2.24, 2.45) is 0 Å². The zero-order valence-corrected chi connectivity index (χ0v) is 17.1. The lowest BCUT2D eigenvalue weighted by molar-refractivity contribution is 0.409. The van der Waals surface area contributed by atoms with Crippen LogP contribution in [0.2, 0.25) is 0 Å². The number of hydrogen-bond acceptors (Lipinski definition) is 3. The van der Waals surface area contributed by atoms with Crippen LogP contribution in [-0.4, -0.2) is 33.4 Å². The number of rotatable bonds is 8. The zero-order chi connectivity index (χ0) is 20.0. The fraction of sp³-hybridized carbons (Fsp3) is 0.217. The van der Waals surface area contributed by atoms with Gasteiger partial charge in [-0.2, -0.15) is 4.31 Å². The third-order valence-electron chi connectivity index (χ3n) is 4.69. The van der Waals surface area contributed by atoms with Gasteiger partial charge in [-0.05, 0) is 41.8 Å². The Hall–Kier alpha value is -2.63. The summed E-state index contributed by atoms with van der Waals surface area (Å²) in [5, 5.41) is 0. The van der Waals surface area contributed by atoms with Crippen molar-refractivity contribution in [3.8, 4) is 0 Å². The number of nitrogens with zero attached hydrogens (tertiary/aromatic N) is 2. The van der Waals surface area contributed by atoms with Crippen LogP contribution in [0.4, 0.5) is 5.69 Å². The first-order valence-electron chi connectivity index (χ1n) is 9.32. The summed E-state index contributed by atoms with van der Waals surface area (Å²) in [6, 6.07) is 26.6. The summed E-state index contributed by atoms with van der Waals surface area (Å²) in [4.78, 5) is 2.35. The van der Waals surface area contributed by atoms with Crippen molar-refractivity contribution >= 4 is 15.7 Å². The lowest BCUT2D eigenvalue weighted by atomic mass is 10.1. The molecule has 0 saturated carbocycles. The molecule has 4 nitrogen and oxygen atoms in total. The molecule has 0 radical (unpaired) electrons. The number of benzene rings is 3. The van der Waals surface area contributed by atoms with Gasteiger partial charge in [-0.3, -0.25) is 0 Å². The predicted molar refractivity (Wildman–Crippen MR) is 115 cm³/mol. The summed E-state index contributed by atoms with van der Waals surface area (Å²) in [6.07, 6.45) is 0.669. The molecule has 0 saturated heterocycles. The molecule has 0 fully saturated rings.